The largest absolute Gasteiger partial charge is 0.457 e. The van der Waals surface area contributed by atoms with Crippen LogP contribution in [0.1, 0.15) is 5.56 Å². The maximum absolute atomic E-state index is 12.1. The number of aromatic nitrogens is 2. The molecule has 27 heavy (non-hydrogen) atoms. The molecule has 0 unspecified atom stereocenters. The van der Waals surface area contributed by atoms with Gasteiger partial charge in [-0.15, -0.1) is 0 Å². The molecular weight excluding hydrogens is 340 g/mol. The Morgan fingerprint density at radius 3 is 2.26 bits per heavy atom. The van der Waals surface area contributed by atoms with Crippen molar-refractivity contribution in [2.24, 2.45) is 0 Å². The normalized spacial score (nSPS) is 10.6. The number of fused-ring (bicyclic) bond motifs is 1. The molecule has 0 saturated carbocycles. The van der Waals surface area contributed by atoms with Crippen LogP contribution >= 0.6 is 0 Å². The van der Waals surface area contributed by atoms with Crippen LogP contribution in [-0.2, 0) is 0 Å². The van der Waals surface area contributed by atoms with E-state index in [-0.39, 0.29) is 6.03 Å². The number of rotatable bonds is 4. The van der Waals surface area contributed by atoms with Crippen LogP contribution in [0, 0.1) is 6.92 Å². The number of aryl methyl sites for hydroxylation is 1. The summed E-state index contributed by atoms with van der Waals surface area (Å²) in [6, 6.07) is 18.2. The summed E-state index contributed by atoms with van der Waals surface area (Å²) >= 11 is 0. The SMILES string of the molecule is Cc1ccc(NC(=O)Nc2ccc(Oc3ccn4ccnc4c3)cc2)cc1. The van der Waals surface area contributed by atoms with E-state index >= 15 is 0 Å². The molecule has 0 saturated heterocycles. The zero-order chi connectivity index (χ0) is 18.6. The monoisotopic (exact) mass is 358 g/mol. The molecule has 4 rings (SSSR count). The third-order valence-corrected chi connectivity index (χ3v) is 4.03. The van der Waals surface area contributed by atoms with Gasteiger partial charge in [-0.05, 0) is 49.4 Å². The van der Waals surface area contributed by atoms with Crippen molar-refractivity contribution in [3.63, 3.8) is 0 Å². The highest BCUT2D eigenvalue weighted by molar-refractivity contribution is 5.99. The van der Waals surface area contributed by atoms with Crippen LogP contribution in [0.15, 0.2) is 79.3 Å². The molecular formula is C21H18N4O2. The summed E-state index contributed by atoms with van der Waals surface area (Å²) in [6.45, 7) is 2.00. The van der Waals surface area contributed by atoms with Gasteiger partial charge in [-0.3, -0.25) is 0 Å². The fraction of sp³-hybridized carbons (Fsp3) is 0.0476. The first-order valence-electron chi connectivity index (χ1n) is 8.51. The molecule has 2 aromatic carbocycles. The second kappa shape index (κ2) is 7.21. The maximum atomic E-state index is 12.1. The van der Waals surface area contributed by atoms with E-state index in [4.69, 9.17) is 4.74 Å². The molecule has 6 heteroatoms. The molecule has 134 valence electrons. The van der Waals surface area contributed by atoms with Crippen LogP contribution in [0.25, 0.3) is 5.65 Å². The molecule has 0 atom stereocenters. The molecule has 0 aliphatic heterocycles. The Kier molecular flexibility index (Phi) is 4.45. The number of amides is 2. The Bertz CT molecular complexity index is 1070. The van der Waals surface area contributed by atoms with Gasteiger partial charge >= 0.3 is 6.03 Å². The fourth-order valence-electron chi connectivity index (χ4n) is 2.63. The molecule has 2 amide bonds. The minimum atomic E-state index is -0.294. The molecule has 0 radical (unpaired) electrons. The average Bonchev–Trinajstić information content (AvgIpc) is 3.13. The van der Waals surface area contributed by atoms with Crippen molar-refractivity contribution in [2.75, 3.05) is 10.6 Å². The smallest absolute Gasteiger partial charge is 0.323 e. The maximum Gasteiger partial charge on any atom is 0.323 e. The van der Waals surface area contributed by atoms with Crippen LogP contribution in [0.5, 0.6) is 11.5 Å². The zero-order valence-corrected chi connectivity index (χ0v) is 14.7. The number of carbonyl (C=O) groups is 1. The Morgan fingerprint density at radius 1 is 0.889 bits per heavy atom. The van der Waals surface area contributed by atoms with Crippen LogP contribution in [0.3, 0.4) is 0 Å². The molecule has 0 bridgehead atoms. The minimum absolute atomic E-state index is 0.294. The third-order valence-electron chi connectivity index (χ3n) is 4.03. The van der Waals surface area contributed by atoms with Gasteiger partial charge in [0, 0.05) is 36.0 Å². The van der Waals surface area contributed by atoms with Crippen LogP contribution in [0.2, 0.25) is 0 Å². The third kappa shape index (κ3) is 4.07. The predicted octanol–water partition coefficient (Wildman–Crippen LogP) is 5.08. The molecule has 0 spiro atoms. The van der Waals surface area contributed by atoms with Gasteiger partial charge in [0.15, 0.2) is 0 Å². The Balaban J connectivity index is 1.37. The van der Waals surface area contributed by atoms with Gasteiger partial charge < -0.3 is 19.8 Å². The molecule has 0 aliphatic rings. The summed E-state index contributed by atoms with van der Waals surface area (Å²) in [4.78, 5) is 16.3. The van der Waals surface area contributed by atoms with Gasteiger partial charge in [0.25, 0.3) is 0 Å². The van der Waals surface area contributed by atoms with E-state index in [9.17, 15) is 4.79 Å². The number of anilines is 2. The van der Waals surface area contributed by atoms with Crippen molar-refractivity contribution in [3.05, 3.63) is 84.8 Å². The molecule has 4 aromatic rings. The Hall–Kier alpha value is -3.80. The van der Waals surface area contributed by atoms with Gasteiger partial charge in [0.1, 0.15) is 17.1 Å². The second-order valence-corrected chi connectivity index (χ2v) is 6.13. The predicted molar refractivity (Wildman–Crippen MR) is 106 cm³/mol. The number of nitrogens with zero attached hydrogens (tertiary/aromatic N) is 2. The number of hydrogen-bond acceptors (Lipinski definition) is 3. The van der Waals surface area contributed by atoms with Crippen LogP contribution in [-0.4, -0.2) is 15.4 Å². The highest BCUT2D eigenvalue weighted by Gasteiger charge is 2.04. The van der Waals surface area contributed by atoms with Crippen molar-refractivity contribution >= 4 is 23.1 Å². The van der Waals surface area contributed by atoms with Crippen molar-refractivity contribution in [1.29, 1.82) is 0 Å². The van der Waals surface area contributed by atoms with Crippen molar-refractivity contribution in [2.45, 2.75) is 6.92 Å². The molecule has 6 nitrogen and oxygen atoms in total. The number of nitrogens with one attached hydrogen (secondary N) is 2. The quantitative estimate of drug-likeness (QED) is 0.535. The van der Waals surface area contributed by atoms with Gasteiger partial charge in [0.05, 0.1) is 0 Å². The summed E-state index contributed by atoms with van der Waals surface area (Å²) in [5, 5.41) is 5.59. The van der Waals surface area contributed by atoms with Crippen LogP contribution < -0.4 is 15.4 Å². The lowest BCUT2D eigenvalue weighted by molar-refractivity contribution is 0.262. The summed E-state index contributed by atoms with van der Waals surface area (Å²) in [7, 11) is 0. The van der Waals surface area contributed by atoms with Crippen molar-refractivity contribution < 1.29 is 9.53 Å². The number of pyridine rings is 1. The Morgan fingerprint density at radius 2 is 1.56 bits per heavy atom. The fourth-order valence-corrected chi connectivity index (χ4v) is 2.63. The van der Waals surface area contributed by atoms with E-state index in [1.807, 2.05) is 60.1 Å². The lowest BCUT2D eigenvalue weighted by atomic mass is 10.2. The van der Waals surface area contributed by atoms with Crippen LogP contribution in [0.4, 0.5) is 16.2 Å². The van der Waals surface area contributed by atoms with Crippen molar-refractivity contribution in [3.8, 4) is 11.5 Å². The number of ether oxygens (including phenoxy) is 1. The highest BCUT2D eigenvalue weighted by Crippen LogP contribution is 2.24. The molecule has 2 heterocycles. The summed E-state index contributed by atoms with van der Waals surface area (Å²) in [5.41, 5.74) is 3.38. The first kappa shape index (κ1) is 16.7. The molecule has 0 aliphatic carbocycles. The summed E-state index contributed by atoms with van der Waals surface area (Å²) in [6.07, 6.45) is 5.51. The summed E-state index contributed by atoms with van der Waals surface area (Å²) in [5.74, 6) is 1.38. The van der Waals surface area contributed by atoms with Gasteiger partial charge in [0.2, 0.25) is 0 Å². The lowest BCUT2D eigenvalue weighted by Crippen LogP contribution is -2.19. The first-order valence-corrected chi connectivity index (χ1v) is 8.51. The standard InChI is InChI=1S/C21H18N4O2/c1-15-2-4-16(5-3-15)23-21(26)24-17-6-8-18(9-7-17)27-19-10-12-25-13-11-22-20(25)14-19/h2-14H,1H3,(H2,23,24,26). The van der Waals surface area contributed by atoms with E-state index in [2.05, 4.69) is 15.6 Å². The molecule has 0 fully saturated rings. The number of urea groups is 1. The van der Waals surface area contributed by atoms with E-state index in [0.717, 1.165) is 16.9 Å². The minimum Gasteiger partial charge on any atom is -0.457 e. The molecule has 2 aromatic heterocycles. The van der Waals surface area contributed by atoms with E-state index in [0.29, 0.717) is 17.2 Å². The van der Waals surface area contributed by atoms with E-state index in [1.54, 1.807) is 30.5 Å². The topological polar surface area (TPSA) is 67.7 Å². The summed E-state index contributed by atoms with van der Waals surface area (Å²) < 4.78 is 7.75. The number of imidazole rings is 1. The van der Waals surface area contributed by atoms with Gasteiger partial charge in [-0.25, -0.2) is 9.78 Å². The molecule has 2 N–H and O–H groups in total. The van der Waals surface area contributed by atoms with Gasteiger partial charge in [-0.2, -0.15) is 0 Å². The number of benzene rings is 2. The van der Waals surface area contributed by atoms with E-state index in [1.165, 1.54) is 0 Å². The van der Waals surface area contributed by atoms with E-state index < -0.39 is 0 Å². The second-order valence-electron chi connectivity index (χ2n) is 6.13. The van der Waals surface area contributed by atoms with Crippen molar-refractivity contribution in [1.82, 2.24) is 9.38 Å². The Labute approximate surface area is 156 Å². The zero-order valence-electron chi connectivity index (χ0n) is 14.7. The number of hydrogen-bond donors (Lipinski definition) is 2. The first-order chi connectivity index (χ1) is 13.2. The van der Waals surface area contributed by atoms with Gasteiger partial charge in [-0.1, -0.05) is 17.7 Å². The number of carbonyl (C=O) groups excluding carboxylic acids is 1. The highest BCUT2D eigenvalue weighted by atomic mass is 16.5. The lowest BCUT2D eigenvalue weighted by Gasteiger charge is -2.09. The average molecular weight is 358 g/mol.